The molecule has 0 unspecified atom stereocenters. The molecule has 0 spiro atoms. The summed E-state index contributed by atoms with van der Waals surface area (Å²) < 4.78 is 12.3. The summed E-state index contributed by atoms with van der Waals surface area (Å²) in [6, 6.07) is 11.3. The van der Waals surface area contributed by atoms with Crippen LogP contribution in [0.25, 0.3) is 0 Å². The fraction of sp³-hybridized carbons (Fsp3) is 0.0870. The van der Waals surface area contributed by atoms with Gasteiger partial charge in [0.2, 0.25) is 5.75 Å². The molecular formula is C23H22ClN7O4. The molecule has 0 aliphatic heterocycles. The van der Waals surface area contributed by atoms with E-state index in [1.165, 1.54) is 42.4 Å². The van der Waals surface area contributed by atoms with E-state index in [1.807, 2.05) is 13.0 Å². The number of nitro groups is 1. The Balaban J connectivity index is 1.84. The first-order chi connectivity index (χ1) is 16.7. The Morgan fingerprint density at radius 2 is 2.03 bits per heavy atom. The lowest BCUT2D eigenvalue weighted by Crippen LogP contribution is -2.26. The van der Waals surface area contributed by atoms with Crippen molar-refractivity contribution in [1.82, 2.24) is 4.68 Å². The molecule has 1 heterocycles. The molecule has 0 radical (unpaired) electrons. The van der Waals surface area contributed by atoms with E-state index in [4.69, 9.17) is 38.1 Å². The van der Waals surface area contributed by atoms with Gasteiger partial charge in [-0.3, -0.25) is 25.2 Å². The topological polar surface area (TPSA) is 167 Å². The van der Waals surface area contributed by atoms with Crippen LogP contribution in [0.5, 0.6) is 17.2 Å². The largest absolute Gasteiger partial charge is 0.490 e. The predicted molar refractivity (Wildman–Crippen MR) is 135 cm³/mol. The number of nitrogens with one attached hydrogen (secondary N) is 1. The van der Waals surface area contributed by atoms with Gasteiger partial charge in [-0.2, -0.15) is 0 Å². The summed E-state index contributed by atoms with van der Waals surface area (Å²) in [5.41, 5.74) is 7.62. The zero-order valence-electron chi connectivity index (χ0n) is 18.8. The van der Waals surface area contributed by atoms with E-state index in [9.17, 15) is 10.1 Å². The summed E-state index contributed by atoms with van der Waals surface area (Å²) in [6.07, 6.45) is 5.97. The first-order valence-corrected chi connectivity index (χ1v) is 10.4. The van der Waals surface area contributed by atoms with E-state index < -0.39 is 10.1 Å². The van der Waals surface area contributed by atoms with Gasteiger partial charge in [0.25, 0.3) is 0 Å². The molecule has 0 saturated carbocycles. The van der Waals surface area contributed by atoms with Crippen molar-refractivity contribution in [2.75, 3.05) is 18.7 Å². The third-order valence-corrected chi connectivity index (χ3v) is 4.88. The van der Waals surface area contributed by atoms with Crippen LogP contribution in [0.2, 0.25) is 0 Å². The molecule has 0 aliphatic carbocycles. The number of halogens is 1. The molecular weight excluding hydrogens is 474 g/mol. The van der Waals surface area contributed by atoms with Gasteiger partial charge in [-0.05, 0) is 48.9 Å². The van der Waals surface area contributed by atoms with Crippen LogP contribution >= 0.6 is 11.6 Å². The van der Waals surface area contributed by atoms with Gasteiger partial charge in [0.1, 0.15) is 16.7 Å². The van der Waals surface area contributed by atoms with Crippen molar-refractivity contribution in [2.24, 2.45) is 9.98 Å². The summed E-state index contributed by atoms with van der Waals surface area (Å²) >= 11 is 5.83. The summed E-state index contributed by atoms with van der Waals surface area (Å²) in [6.45, 7) is 1.89. The van der Waals surface area contributed by atoms with Crippen molar-refractivity contribution in [2.45, 2.75) is 6.92 Å². The number of nitrogen functional groups attached to an aromatic ring is 2. The van der Waals surface area contributed by atoms with E-state index in [0.717, 1.165) is 5.56 Å². The molecule has 5 N–H and O–H groups in total. The molecule has 0 saturated heterocycles. The number of nitrogens with two attached hydrogens (primary N) is 2. The number of nitro benzene ring substituents is 1. The first-order valence-electron chi connectivity index (χ1n) is 10.1. The smallest absolute Gasteiger partial charge is 0.311 e. The van der Waals surface area contributed by atoms with Gasteiger partial charge in [-0.25, -0.2) is 4.99 Å². The number of allylic oxidation sites excluding steroid dienone is 1. The van der Waals surface area contributed by atoms with Gasteiger partial charge in [-0.1, -0.05) is 11.6 Å². The van der Waals surface area contributed by atoms with Gasteiger partial charge in [-0.15, -0.1) is 0 Å². The van der Waals surface area contributed by atoms with Crippen LogP contribution in [0, 0.1) is 22.4 Å². The van der Waals surface area contributed by atoms with Crippen molar-refractivity contribution in [1.29, 1.82) is 5.41 Å². The van der Waals surface area contributed by atoms with Crippen LogP contribution in [-0.4, -0.2) is 28.1 Å². The monoisotopic (exact) mass is 495 g/mol. The minimum absolute atomic E-state index is 0.00701. The van der Waals surface area contributed by atoms with E-state index in [1.54, 1.807) is 30.5 Å². The average Bonchev–Trinajstić information content (AvgIpc) is 2.81. The molecule has 2 aromatic carbocycles. The number of aromatic nitrogens is 1. The van der Waals surface area contributed by atoms with Gasteiger partial charge in [0, 0.05) is 36.4 Å². The number of ether oxygens (including phenoxy) is 2. The van der Waals surface area contributed by atoms with E-state index in [-0.39, 0.29) is 22.7 Å². The lowest BCUT2D eigenvalue weighted by molar-refractivity contribution is -0.385. The number of aliphatic imine (C=N–C) groups is 1. The molecule has 180 valence electrons. The van der Waals surface area contributed by atoms with Gasteiger partial charge in [0.15, 0.2) is 5.49 Å². The van der Waals surface area contributed by atoms with Crippen LogP contribution in [0.4, 0.5) is 17.1 Å². The van der Waals surface area contributed by atoms with Crippen molar-refractivity contribution in [3.8, 4) is 17.2 Å². The van der Waals surface area contributed by atoms with E-state index >= 15 is 0 Å². The summed E-state index contributed by atoms with van der Waals surface area (Å²) in [7, 11) is 1.26. The number of nitrogens with zero attached hydrogens (tertiary/aromatic N) is 4. The van der Waals surface area contributed by atoms with E-state index in [2.05, 4.69) is 9.98 Å². The Hall–Kier alpha value is -4.64. The molecule has 12 heteroatoms. The SMILES string of the molecule is COc1c([N+](=O)[O-])ccc(N=C/C=C\N=c2cc(Oc3ccc(N)cc3C)ccn2N)c1C(=N)Cl. The summed E-state index contributed by atoms with van der Waals surface area (Å²) in [4.78, 5) is 19.1. The Kier molecular flexibility index (Phi) is 7.85. The highest BCUT2D eigenvalue weighted by Crippen LogP contribution is 2.38. The molecule has 11 nitrogen and oxygen atoms in total. The highest BCUT2D eigenvalue weighted by atomic mass is 35.5. The lowest BCUT2D eigenvalue weighted by Gasteiger charge is -2.10. The number of pyridine rings is 1. The summed E-state index contributed by atoms with van der Waals surface area (Å²) in [5.74, 6) is 6.98. The Labute approximate surface area is 205 Å². The van der Waals surface area contributed by atoms with Crippen LogP contribution < -0.4 is 26.5 Å². The molecule has 1 aromatic heterocycles. The fourth-order valence-corrected chi connectivity index (χ4v) is 3.26. The van der Waals surface area contributed by atoms with Gasteiger partial charge < -0.3 is 21.1 Å². The molecule has 35 heavy (non-hydrogen) atoms. The van der Waals surface area contributed by atoms with Crippen molar-refractivity contribution < 1.29 is 14.4 Å². The van der Waals surface area contributed by atoms with Crippen LogP contribution in [-0.2, 0) is 0 Å². The minimum Gasteiger partial charge on any atom is -0.490 e. The van der Waals surface area contributed by atoms with Crippen molar-refractivity contribution >= 4 is 40.0 Å². The minimum atomic E-state index is -0.622. The highest BCUT2D eigenvalue weighted by Gasteiger charge is 2.23. The number of rotatable bonds is 8. The fourth-order valence-electron chi connectivity index (χ4n) is 3.07. The van der Waals surface area contributed by atoms with Gasteiger partial charge in [0.05, 0.1) is 23.3 Å². The maximum atomic E-state index is 11.2. The number of benzene rings is 2. The highest BCUT2D eigenvalue weighted by molar-refractivity contribution is 6.69. The van der Waals surface area contributed by atoms with Crippen LogP contribution in [0.15, 0.2) is 70.9 Å². The predicted octanol–water partition coefficient (Wildman–Crippen LogP) is 4.18. The van der Waals surface area contributed by atoms with Gasteiger partial charge >= 0.3 is 5.69 Å². The zero-order valence-corrected chi connectivity index (χ0v) is 19.6. The second-order valence-corrected chi connectivity index (χ2v) is 7.46. The zero-order chi connectivity index (χ0) is 25.5. The molecule has 3 rings (SSSR count). The molecule has 0 aliphatic rings. The second kappa shape index (κ2) is 11.0. The molecule has 0 atom stereocenters. The maximum Gasteiger partial charge on any atom is 0.311 e. The van der Waals surface area contributed by atoms with Crippen molar-refractivity contribution in [3.63, 3.8) is 0 Å². The third kappa shape index (κ3) is 6.03. The normalized spacial score (nSPS) is 11.8. The summed E-state index contributed by atoms with van der Waals surface area (Å²) in [5, 5.41) is 18.5. The Bertz CT molecular complexity index is 1410. The standard InChI is InChI=1S/C23H22ClN7O4/c1-14-12-15(25)4-7-19(14)35-16-8-11-30(27)20(13-16)29-10-3-9-28-17-5-6-18(31(32)33)22(34-2)21(17)23(24)26/h3-13,26H,25,27H2,1-2H3/b10-3-,26-23?,28-9?,29-20?. The molecule has 0 fully saturated rings. The quantitative estimate of drug-likeness (QED) is 0.139. The van der Waals surface area contributed by atoms with Crippen LogP contribution in [0.3, 0.4) is 0 Å². The van der Waals surface area contributed by atoms with E-state index in [0.29, 0.717) is 22.7 Å². The number of hydrogen-bond donors (Lipinski definition) is 3. The average molecular weight is 496 g/mol. The number of hydrogen-bond acceptors (Lipinski definition) is 9. The number of aryl methyl sites for hydroxylation is 1. The number of methoxy groups -OCH3 is 1. The maximum absolute atomic E-state index is 11.2. The molecule has 0 bridgehead atoms. The van der Waals surface area contributed by atoms with Crippen LogP contribution in [0.1, 0.15) is 11.1 Å². The Morgan fingerprint density at radius 3 is 2.69 bits per heavy atom. The van der Waals surface area contributed by atoms with Crippen molar-refractivity contribution in [3.05, 3.63) is 87.7 Å². The number of anilines is 1. The molecule has 3 aromatic rings. The molecule has 0 amide bonds. The second-order valence-electron chi connectivity index (χ2n) is 7.09. The lowest BCUT2D eigenvalue weighted by atomic mass is 10.1. The third-order valence-electron chi connectivity index (χ3n) is 4.69. The Morgan fingerprint density at radius 1 is 1.26 bits per heavy atom. The first kappa shape index (κ1) is 25.0.